The van der Waals surface area contributed by atoms with Gasteiger partial charge in [0.2, 0.25) is 11.8 Å². The van der Waals surface area contributed by atoms with Gasteiger partial charge in [0.15, 0.2) is 0 Å². The second kappa shape index (κ2) is 7.54. The van der Waals surface area contributed by atoms with Crippen LogP contribution in [0.25, 0.3) is 0 Å². The monoisotopic (exact) mass is 345 g/mol. The molecular weight excluding hydrogens is 318 g/mol. The molecule has 3 rings (SSSR count). The van der Waals surface area contributed by atoms with Gasteiger partial charge in [-0.2, -0.15) is 0 Å². The number of carbonyl (C=O) groups excluding carboxylic acids is 2. The molecule has 0 aliphatic carbocycles. The average Bonchev–Trinajstić information content (AvgIpc) is 3.09. The lowest BCUT2D eigenvalue weighted by atomic mass is 9.87. The average molecular weight is 345 g/mol. The number of amides is 2. The van der Waals surface area contributed by atoms with Crippen molar-refractivity contribution in [2.24, 2.45) is 17.6 Å². The first-order chi connectivity index (χ1) is 12.0. The summed E-state index contributed by atoms with van der Waals surface area (Å²) in [6.07, 6.45) is 0.406. The highest BCUT2D eigenvalue weighted by Gasteiger charge is 2.49. The van der Waals surface area contributed by atoms with E-state index in [0.717, 1.165) is 19.6 Å². The molecule has 2 saturated heterocycles. The molecule has 0 spiro atoms. The predicted molar refractivity (Wildman–Crippen MR) is 94.7 cm³/mol. The summed E-state index contributed by atoms with van der Waals surface area (Å²) >= 11 is 0. The van der Waals surface area contributed by atoms with E-state index in [4.69, 9.17) is 10.5 Å². The van der Waals surface area contributed by atoms with Crippen LogP contribution in [0.3, 0.4) is 0 Å². The molecule has 6 nitrogen and oxygen atoms in total. The highest BCUT2D eigenvalue weighted by atomic mass is 16.5. The van der Waals surface area contributed by atoms with Gasteiger partial charge in [0, 0.05) is 32.7 Å². The zero-order chi connectivity index (χ0) is 18.0. The van der Waals surface area contributed by atoms with E-state index < -0.39 is 0 Å². The molecule has 0 saturated carbocycles. The Hall–Kier alpha value is -1.92. The first kappa shape index (κ1) is 17.9. The molecule has 0 unspecified atom stereocenters. The SMILES string of the molecule is COCCC(=O)N1C[C@@H]2CN(CC(N)=O)C[C@@H]2[C@H]1c1ccccc1C. The van der Waals surface area contributed by atoms with Crippen LogP contribution in [0, 0.1) is 18.8 Å². The van der Waals surface area contributed by atoms with Crippen LogP contribution in [0.15, 0.2) is 24.3 Å². The summed E-state index contributed by atoms with van der Waals surface area (Å²) in [5, 5.41) is 0. The van der Waals surface area contributed by atoms with Gasteiger partial charge in [-0.1, -0.05) is 24.3 Å². The lowest BCUT2D eigenvalue weighted by Gasteiger charge is -2.31. The van der Waals surface area contributed by atoms with Gasteiger partial charge < -0.3 is 15.4 Å². The van der Waals surface area contributed by atoms with Gasteiger partial charge in [0.05, 0.1) is 25.6 Å². The van der Waals surface area contributed by atoms with Crippen molar-refractivity contribution in [3.8, 4) is 0 Å². The molecule has 25 heavy (non-hydrogen) atoms. The van der Waals surface area contributed by atoms with Crippen LogP contribution < -0.4 is 5.73 Å². The van der Waals surface area contributed by atoms with Crippen molar-refractivity contribution in [2.75, 3.05) is 39.9 Å². The summed E-state index contributed by atoms with van der Waals surface area (Å²) in [6.45, 7) is 5.20. The van der Waals surface area contributed by atoms with Gasteiger partial charge in [-0.05, 0) is 24.0 Å². The van der Waals surface area contributed by atoms with E-state index in [1.807, 2.05) is 17.0 Å². The Morgan fingerprint density at radius 2 is 2.00 bits per heavy atom. The molecule has 2 N–H and O–H groups in total. The van der Waals surface area contributed by atoms with Crippen LogP contribution in [-0.4, -0.2) is 61.5 Å². The molecule has 0 aromatic heterocycles. The van der Waals surface area contributed by atoms with Crippen molar-refractivity contribution >= 4 is 11.8 Å². The molecule has 2 aliphatic heterocycles. The van der Waals surface area contributed by atoms with Crippen LogP contribution in [0.1, 0.15) is 23.6 Å². The van der Waals surface area contributed by atoms with Gasteiger partial charge in [-0.15, -0.1) is 0 Å². The molecule has 2 amide bonds. The van der Waals surface area contributed by atoms with E-state index in [0.29, 0.717) is 31.4 Å². The van der Waals surface area contributed by atoms with Crippen molar-refractivity contribution in [3.05, 3.63) is 35.4 Å². The summed E-state index contributed by atoms with van der Waals surface area (Å²) in [5.41, 5.74) is 7.77. The maximum Gasteiger partial charge on any atom is 0.231 e. The fourth-order valence-corrected chi connectivity index (χ4v) is 4.39. The molecule has 0 radical (unpaired) electrons. The Morgan fingerprint density at radius 3 is 2.68 bits per heavy atom. The van der Waals surface area contributed by atoms with Gasteiger partial charge in [-0.3, -0.25) is 14.5 Å². The van der Waals surface area contributed by atoms with E-state index in [1.165, 1.54) is 11.1 Å². The molecule has 6 heteroatoms. The molecule has 1 aromatic rings. The molecule has 1 aromatic carbocycles. The first-order valence-electron chi connectivity index (χ1n) is 8.86. The third-order valence-electron chi connectivity index (χ3n) is 5.47. The quantitative estimate of drug-likeness (QED) is 0.833. The smallest absolute Gasteiger partial charge is 0.231 e. The number of aryl methyl sites for hydroxylation is 1. The molecule has 2 fully saturated rings. The van der Waals surface area contributed by atoms with Gasteiger partial charge in [-0.25, -0.2) is 0 Å². The van der Waals surface area contributed by atoms with Crippen LogP contribution in [-0.2, 0) is 14.3 Å². The number of carbonyl (C=O) groups is 2. The third-order valence-corrected chi connectivity index (χ3v) is 5.47. The number of rotatable bonds is 6. The van der Waals surface area contributed by atoms with Crippen LogP contribution >= 0.6 is 0 Å². The number of nitrogens with zero attached hydrogens (tertiary/aromatic N) is 2. The second-order valence-corrected chi connectivity index (χ2v) is 7.17. The van der Waals surface area contributed by atoms with E-state index in [9.17, 15) is 9.59 Å². The minimum absolute atomic E-state index is 0.0634. The molecule has 3 atom stereocenters. The normalized spacial score (nSPS) is 26.0. The van der Waals surface area contributed by atoms with E-state index >= 15 is 0 Å². The van der Waals surface area contributed by atoms with Gasteiger partial charge >= 0.3 is 0 Å². The van der Waals surface area contributed by atoms with Crippen LogP contribution in [0.2, 0.25) is 0 Å². The van der Waals surface area contributed by atoms with E-state index in [2.05, 4.69) is 24.0 Å². The molecular formula is C19H27N3O3. The Bertz CT molecular complexity index is 649. The van der Waals surface area contributed by atoms with Gasteiger partial charge in [0.25, 0.3) is 0 Å². The zero-order valence-electron chi connectivity index (χ0n) is 15.0. The lowest BCUT2D eigenvalue weighted by Crippen LogP contribution is -2.38. The first-order valence-corrected chi connectivity index (χ1v) is 8.86. The van der Waals surface area contributed by atoms with Crippen molar-refractivity contribution in [2.45, 2.75) is 19.4 Å². The lowest BCUT2D eigenvalue weighted by molar-refractivity contribution is -0.134. The molecule has 2 aliphatic rings. The number of benzene rings is 1. The number of hydrogen-bond donors (Lipinski definition) is 1. The van der Waals surface area contributed by atoms with Gasteiger partial charge in [0.1, 0.15) is 0 Å². The molecule has 2 heterocycles. The minimum atomic E-state index is -0.291. The number of likely N-dealkylation sites (tertiary alicyclic amines) is 2. The largest absolute Gasteiger partial charge is 0.384 e. The number of methoxy groups -OCH3 is 1. The summed E-state index contributed by atoms with van der Waals surface area (Å²) in [7, 11) is 1.62. The maximum atomic E-state index is 12.7. The summed E-state index contributed by atoms with van der Waals surface area (Å²) in [4.78, 5) is 28.2. The Balaban J connectivity index is 1.85. The van der Waals surface area contributed by atoms with Crippen LogP contribution in [0.5, 0.6) is 0 Å². The Morgan fingerprint density at radius 1 is 1.24 bits per heavy atom. The predicted octanol–water partition coefficient (Wildman–Crippen LogP) is 0.948. The fourth-order valence-electron chi connectivity index (χ4n) is 4.39. The summed E-state index contributed by atoms with van der Waals surface area (Å²) in [5.74, 6) is 0.578. The second-order valence-electron chi connectivity index (χ2n) is 7.17. The van der Waals surface area contributed by atoms with E-state index in [-0.39, 0.29) is 17.9 Å². The van der Waals surface area contributed by atoms with Crippen molar-refractivity contribution in [1.82, 2.24) is 9.80 Å². The Kier molecular flexibility index (Phi) is 5.39. The maximum absolute atomic E-state index is 12.7. The van der Waals surface area contributed by atoms with Crippen molar-refractivity contribution in [3.63, 3.8) is 0 Å². The summed E-state index contributed by atoms with van der Waals surface area (Å²) in [6, 6.07) is 8.33. The number of fused-ring (bicyclic) bond motifs is 1. The highest BCUT2D eigenvalue weighted by molar-refractivity contribution is 5.77. The number of ether oxygens (including phenoxy) is 1. The number of hydrogen-bond acceptors (Lipinski definition) is 4. The topological polar surface area (TPSA) is 75.9 Å². The van der Waals surface area contributed by atoms with Crippen molar-refractivity contribution < 1.29 is 14.3 Å². The highest BCUT2D eigenvalue weighted by Crippen LogP contribution is 2.45. The molecule has 0 bridgehead atoms. The Labute approximate surface area is 148 Å². The third kappa shape index (κ3) is 3.70. The van der Waals surface area contributed by atoms with Crippen LogP contribution in [0.4, 0.5) is 0 Å². The zero-order valence-corrected chi connectivity index (χ0v) is 15.0. The molecule has 136 valence electrons. The summed E-state index contributed by atoms with van der Waals surface area (Å²) < 4.78 is 5.08. The number of primary amides is 1. The number of nitrogens with two attached hydrogens (primary N) is 1. The standard InChI is InChI=1S/C19H27N3O3/c1-13-5-3-4-6-15(13)19-16-11-21(12-17(20)23)9-14(16)10-22(19)18(24)7-8-25-2/h3-6,14,16,19H,7-12H2,1-2H3,(H2,20,23)/t14-,16-,19+/m0/s1. The van der Waals surface area contributed by atoms with E-state index in [1.54, 1.807) is 7.11 Å². The fraction of sp³-hybridized carbons (Fsp3) is 0.579. The van der Waals surface area contributed by atoms with Crippen molar-refractivity contribution in [1.29, 1.82) is 0 Å². The minimum Gasteiger partial charge on any atom is -0.384 e.